The molecule has 26 heavy (non-hydrogen) atoms. The van der Waals surface area contributed by atoms with Crippen molar-refractivity contribution >= 4 is 34.9 Å². The van der Waals surface area contributed by atoms with E-state index in [9.17, 15) is 18.8 Å². The Balaban J connectivity index is 1.57. The zero-order valence-corrected chi connectivity index (χ0v) is 14.4. The molecule has 1 aliphatic heterocycles. The number of carbonyl (C=O) groups is 3. The van der Waals surface area contributed by atoms with E-state index in [0.717, 1.165) is 0 Å². The minimum atomic E-state index is -0.662. The van der Waals surface area contributed by atoms with Crippen molar-refractivity contribution in [3.8, 4) is 0 Å². The third kappa shape index (κ3) is 4.08. The predicted molar refractivity (Wildman–Crippen MR) is 93.6 cm³/mol. The Morgan fingerprint density at radius 3 is 2.42 bits per heavy atom. The molecule has 7 heteroatoms. The molecule has 0 N–H and O–H groups in total. The largest absolute Gasteiger partial charge is 0.457 e. The van der Waals surface area contributed by atoms with E-state index in [1.54, 1.807) is 24.3 Å². The number of rotatable bonds is 5. The number of nitrogens with zero attached hydrogens (tertiary/aromatic N) is 1. The Bertz CT molecular complexity index is 836. The van der Waals surface area contributed by atoms with Crippen LogP contribution in [0.5, 0.6) is 0 Å². The van der Waals surface area contributed by atoms with E-state index < -0.39 is 24.3 Å². The average molecular weight is 376 g/mol. The number of halogens is 2. The number of hydrogen-bond donors (Lipinski definition) is 0. The average Bonchev–Trinajstić information content (AvgIpc) is 3.02. The fourth-order valence-electron chi connectivity index (χ4n) is 2.71. The molecule has 0 aliphatic carbocycles. The van der Waals surface area contributed by atoms with Gasteiger partial charge in [-0.25, -0.2) is 4.39 Å². The Kier molecular flexibility index (Phi) is 5.32. The number of ketones is 1. The highest BCUT2D eigenvalue weighted by Crippen LogP contribution is 2.26. The molecule has 2 aromatic carbocycles. The van der Waals surface area contributed by atoms with Crippen molar-refractivity contribution in [2.24, 2.45) is 5.92 Å². The van der Waals surface area contributed by atoms with Crippen LogP contribution in [0.4, 0.5) is 10.1 Å². The van der Waals surface area contributed by atoms with Gasteiger partial charge >= 0.3 is 5.97 Å². The van der Waals surface area contributed by atoms with Crippen LogP contribution in [0, 0.1) is 11.7 Å². The molecular weight excluding hydrogens is 361 g/mol. The summed E-state index contributed by atoms with van der Waals surface area (Å²) in [5, 5.41) is 0.504. The fourth-order valence-corrected chi connectivity index (χ4v) is 2.84. The zero-order chi connectivity index (χ0) is 18.7. The van der Waals surface area contributed by atoms with Crippen LogP contribution >= 0.6 is 11.6 Å². The van der Waals surface area contributed by atoms with Gasteiger partial charge in [-0.1, -0.05) is 11.6 Å². The Morgan fingerprint density at radius 1 is 1.12 bits per heavy atom. The molecule has 1 fully saturated rings. The number of hydrogen-bond acceptors (Lipinski definition) is 4. The highest BCUT2D eigenvalue weighted by molar-refractivity contribution is 6.30. The summed E-state index contributed by atoms with van der Waals surface area (Å²) in [5.74, 6) is -2.27. The van der Waals surface area contributed by atoms with E-state index in [0.29, 0.717) is 16.3 Å². The van der Waals surface area contributed by atoms with Gasteiger partial charge in [0.2, 0.25) is 5.91 Å². The second kappa shape index (κ2) is 7.66. The SMILES string of the molecule is O=C(COC(=O)[C@H]1CC(=O)N(c2ccc(F)cc2)C1)c1ccc(Cl)cc1. The van der Waals surface area contributed by atoms with Crippen LogP contribution in [0.15, 0.2) is 48.5 Å². The van der Waals surface area contributed by atoms with Crippen molar-refractivity contribution in [2.45, 2.75) is 6.42 Å². The van der Waals surface area contributed by atoms with Gasteiger partial charge in [-0.2, -0.15) is 0 Å². The maximum absolute atomic E-state index is 13.0. The minimum Gasteiger partial charge on any atom is -0.457 e. The summed E-state index contributed by atoms with van der Waals surface area (Å²) in [4.78, 5) is 37.7. The molecule has 5 nitrogen and oxygen atoms in total. The number of esters is 1. The molecule has 1 heterocycles. The number of amides is 1. The van der Waals surface area contributed by atoms with Gasteiger partial charge in [-0.15, -0.1) is 0 Å². The van der Waals surface area contributed by atoms with Crippen LogP contribution in [-0.4, -0.2) is 30.8 Å². The van der Waals surface area contributed by atoms with Crippen molar-refractivity contribution in [1.29, 1.82) is 0 Å². The summed E-state index contributed by atoms with van der Waals surface area (Å²) >= 11 is 5.76. The van der Waals surface area contributed by atoms with Crippen molar-refractivity contribution < 1.29 is 23.5 Å². The predicted octanol–water partition coefficient (Wildman–Crippen LogP) is 3.26. The zero-order valence-electron chi connectivity index (χ0n) is 13.7. The van der Waals surface area contributed by atoms with Gasteiger partial charge in [0.05, 0.1) is 5.92 Å². The van der Waals surface area contributed by atoms with Gasteiger partial charge in [-0.3, -0.25) is 14.4 Å². The highest BCUT2D eigenvalue weighted by Gasteiger charge is 2.36. The maximum Gasteiger partial charge on any atom is 0.311 e. The lowest BCUT2D eigenvalue weighted by Crippen LogP contribution is -2.27. The number of carbonyl (C=O) groups excluding carboxylic acids is 3. The number of anilines is 1. The van der Waals surface area contributed by atoms with Crippen LogP contribution in [0.1, 0.15) is 16.8 Å². The molecule has 3 rings (SSSR count). The Morgan fingerprint density at radius 2 is 1.77 bits per heavy atom. The molecule has 0 spiro atoms. The van der Waals surface area contributed by atoms with Gasteiger partial charge in [0, 0.05) is 29.2 Å². The fraction of sp³-hybridized carbons (Fsp3) is 0.211. The lowest BCUT2D eigenvalue weighted by atomic mass is 10.1. The van der Waals surface area contributed by atoms with Crippen LogP contribution in [-0.2, 0) is 14.3 Å². The minimum absolute atomic E-state index is 0.00859. The lowest BCUT2D eigenvalue weighted by molar-refractivity contribution is -0.147. The number of benzene rings is 2. The monoisotopic (exact) mass is 375 g/mol. The molecule has 0 aromatic heterocycles. The first-order valence-corrected chi connectivity index (χ1v) is 8.33. The summed E-state index contributed by atoms with van der Waals surface area (Å²) in [7, 11) is 0. The second-order valence-electron chi connectivity index (χ2n) is 5.92. The second-order valence-corrected chi connectivity index (χ2v) is 6.36. The van der Waals surface area contributed by atoms with Crippen LogP contribution in [0.2, 0.25) is 5.02 Å². The van der Waals surface area contributed by atoms with Gasteiger partial charge in [0.25, 0.3) is 0 Å². The normalized spacial score (nSPS) is 16.6. The van der Waals surface area contributed by atoms with Crippen LogP contribution in [0.3, 0.4) is 0 Å². The highest BCUT2D eigenvalue weighted by atomic mass is 35.5. The number of Topliss-reactive ketones (excluding diaryl/α,β-unsaturated/α-hetero) is 1. The van der Waals surface area contributed by atoms with Crippen molar-refractivity contribution in [3.05, 3.63) is 64.9 Å². The van der Waals surface area contributed by atoms with E-state index in [1.165, 1.54) is 29.2 Å². The molecular formula is C19H15ClFNO4. The third-order valence-electron chi connectivity index (χ3n) is 4.11. The summed E-state index contributed by atoms with van der Waals surface area (Å²) in [6.07, 6.45) is -0.00859. The first-order chi connectivity index (χ1) is 12.4. The molecule has 134 valence electrons. The van der Waals surface area contributed by atoms with E-state index >= 15 is 0 Å². The summed E-state index contributed by atoms with van der Waals surface area (Å²) in [6, 6.07) is 11.7. The molecule has 0 saturated carbocycles. The molecule has 2 aromatic rings. The first kappa shape index (κ1) is 18.1. The van der Waals surface area contributed by atoms with E-state index in [-0.39, 0.29) is 24.7 Å². The Hall–Kier alpha value is -2.73. The molecule has 0 unspecified atom stereocenters. The van der Waals surface area contributed by atoms with E-state index in [4.69, 9.17) is 16.3 Å². The molecule has 0 bridgehead atoms. The van der Waals surface area contributed by atoms with Gasteiger partial charge in [0.1, 0.15) is 5.82 Å². The molecule has 1 atom stereocenters. The molecule has 1 saturated heterocycles. The molecule has 0 radical (unpaired) electrons. The smallest absolute Gasteiger partial charge is 0.311 e. The summed E-state index contributed by atoms with van der Waals surface area (Å²) in [5.41, 5.74) is 0.904. The van der Waals surface area contributed by atoms with Crippen LogP contribution < -0.4 is 4.90 Å². The van der Waals surface area contributed by atoms with E-state index in [2.05, 4.69) is 0 Å². The molecule has 1 amide bonds. The Labute approximate surface area is 154 Å². The number of ether oxygens (including phenoxy) is 1. The van der Waals surface area contributed by atoms with Crippen molar-refractivity contribution in [3.63, 3.8) is 0 Å². The van der Waals surface area contributed by atoms with Gasteiger partial charge < -0.3 is 9.64 Å². The quantitative estimate of drug-likeness (QED) is 0.594. The lowest BCUT2D eigenvalue weighted by Gasteiger charge is -2.16. The van der Waals surface area contributed by atoms with Gasteiger partial charge in [-0.05, 0) is 48.5 Å². The summed E-state index contributed by atoms with van der Waals surface area (Å²) < 4.78 is 18.1. The molecule has 1 aliphatic rings. The topological polar surface area (TPSA) is 63.7 Å². The van der Waals surface area contributed by atoms with Crippen molar-refractivity contribution in [1.82, 2.24) is 0 Å². The van der Waals surface area contributed by atoms with Gasteiger partial charge in [0.15, 0.2) is 12.4 Å². The third-order valence-corrected chi connectivity index (χ3v) is 4.36. The van der Waals surface area contributed by atoms with Crippen molar-refractivity contribution in [2.75, 3.05) is 18.1 Å². The maximum atomic E-state index is 13.0. The van der Waals surface area contributed by atoms with E-state index in [1.807, 2.05) is 0 Å². The standard InChI is InChI=1S/C19H15ClFNO4/c20-14-3-1-12(2-4-14)17(23)11-26-19(25)13-9-18(24)22(10-13)16-7-5-15(21)6-8-16/h1-8,13H,9-11H2/t13-/m0/s1. The van der Waals surface area contributed by atoms with Crippen LogP contribution in [0.25, 0.3) is 0 Å². The summed E-state index contributed by atoms with van der Waals surface area (Å²) in [6.45, 7) is -0.264. The first-order valence-electron chi connectivity index (χ1n) is 7.95.